The SMILES string of the molecule is COc1c(CN(C)O)ccc(O)c1Br. The summed E-state index contributed by atoms with van der Waals surface area (Å²) in [5, 5.41) is 19.5. The average molecular weight is 262 g/mol. The van der Waals surface area contributed by atoms with Gasteiger partial charge in [0.2, 0.25) is 0 Å². The Morgan fingerprint density at radius 1 is 1.50 bits per heavy atom. The van der Waals surface area contributed by atoms with Crippen molar-refractivity contribution in [1.29, 1.82) is 0 Å². The van der Waals surface area contributed by atoms with Gasteiger partial charge in [0.15, 0.2) is 0 Å². The molecule has 14 heavy (non-hydrogen) atoms. The minimum atomic E-state index is 0.117. The van der Waals surface area contributed by atoms with E-state index in [0.29, 0.717) is 16.8 Å². The Hall–Kier alpha value is -0.780. The molecule has 5 heteroatoms. The van der Waals surface area contributed by atoms with Crippen LogP contribution in [0.15, 0.2) is 16.6 Å². The fourth-order valence-corrected chi connectivity index (χ4v) is 1.73. The third kappa shape index (κ3) is 2.37. The van der Waals surface area contributed by atoms with Gasteiger partial charge in [0.05, 0.1) is 13.7 Å². The van der Waals surface area contributed by atoms with Crippen molar-refractivity contribution < 1.29 is 15.1 Å². The van der Waals surface area contributed by atoms with E-state index in [1.165, 1.54) is 7.11 Å². The second-order valence-corrected chi connectivity index (χ2v) is 3.70. The van der Waals surface area contributed by atoms with E-state index < -0.39 is 0 Å². The summed E-state index contributed by atoms with van der Waals surface area (Å²) in [6.07, 6.45) is 0. The Morgan fingerprint density at radius 3 is 2.64 bits per heavy atom. The van der Waals surface area contributed by atoms with Gasteiger partial charge >= 0.3 is 0 Å². The van der Waals surface area contributed by atoms with Crippen molar-refractivity contribution in [3.63, 3.8) is 0 Å². The normalized spacial score (nSPS) is 10.6. The highest BCUT2D eigenvalue weighted by molar-refractivity contribution is 9.10. The molecule has 0 atom stereocenters. The second-order valence-electron chi connectivity index (χ2n) is 2.91. The molecule has 2 N–H and O–H groups in total. The summed E-state index contributed by atoms with van der Waals surface area (Å²) < 4.78 is 5.61. The molecule has 1 rings (SSSR count). The molecule has 1 aromatic carbocycles. The summed E-state index contributed by atoms with van der Waals surface area (Å²) in [4.78, 5) is 0. The second kappa shape index (κ2) is 4.63. The van der Waals surface area contributed by atoms with Gasteiger partial charge in [0.1, 0.15) is 16.0 Å². The smallest absolute Gasteiger partial charge is 0.141 e. The van der Waals surface area contributed by atoms with Crippen LogP contribution >= 0.6 is 15.9 Å². The van der Waals surface area contributed by atoms with Crippen LogP contribution in [-0.4, -0.2) is 29.5 Å². The number of aromatic hydroxyl groups is 1. The molecule has 0 aromatic heterocycles. The van der Waals surface area contributed by atoms with Crippen molar-refractivity contribution in [3.05, 3.63) is 22.2 Å². The van der Waals surface area contributed by atoms with Crippen molar-refractivity contribution in [2.75, 3.05) is 14.2 Å². The van der Waals surface area contributed by atoms with Crippen molar-refractivity contribution in [1.82, 2.24) is 5.06 Å². The maximum atomic E-state index is 9.39. The highest BCUT2D eigenvalue weighted by Gasteiger charge is 2.12. The standard InChI is InChI=1S/C9H12BrNO3/c1-11(13)5-6-3-4-7(12)8(10)9(6)14-2/h3-4,12-13H,5H2,1-2H3. The van der Waals surface area contributed by atoms with E-state index in [0.717, 1.165) is 10.6 Å². The highest BCUT2D eigenvalue weighted by atomic mass is 79.9. The van der Waals surface area contributed by atoms with Gasteiger partial charge in [-0.2, -0.15) is 5.06 Å². The van der Waals surface area contributed by atoms with Crippen LogP contribution < -0.4 is 4.74 Å². The maximum absolute atomic E-state index is 9.39. The zero-order valence-corrected chi connectivity index (χ0v) is 9.58. The van der Waals surface area contributed by atoms with E-state index in [1.54, 1.807) is 19.2 Å². The lowest BCUT2D eigenvalue weighted by molar-refractivity contribution is -0.0735. The molecule has 0 aliphatic heterocycles. The van der Waals surface area contributed by atoms with Gasteiger partial charge in [-0.1, -0.05) is 6.07 Å². The predicted octanol–water partition coefficient (Wildman–Crippen LogP) is 1.98. The number of ether oxygens (including phenoxy) is 1. The number of phenols is 1. The Bertz CT molecular complexity index is 328. The molecular weight excluding hydrogens is 250 g/mol. The molecule has 0 aliphatic rings. The topological polar surface area (TPSA) is 52.9 Å². The van der Waals surface area contributed by atoms with Crippen LogP contribution in [0.25, 0.3) is 0 Å². The van der Waals surface area contributed by atoms with E-state index >= 15 is 0 Å². The monoisotopic (exact) mass is 261 g/mol. The van der Waals surface area contributed by atoms with Crippen molar-refractivity contribution in [3.8, 4) is 11.5 Å². The quantitative estimate of drug-likeness (QED) is 0.818. The van der Waals surface area contributed by atoms with Crippen molar-refractivity contribution >= 4 is 15.9 Å². The lowest BCUT2D eigenvalue weighted by Gasteiger charge is -2.14. The highest BCUT2D eigenvalue weighted by Crippen LogP contribution is 2.36. The summed E-state index contributed by atoms with van der Waals surface area (Å²) in [5.41, 5.74) is 0.794. The Balaban J connectivity index is 3.10. The van der Waals surface area contributed by atoms with E-state index in [2.05, 4.69) is 15.9 Å². The molecule has 0 saturated heterocycles. The molecule has 0 saturated carbocycles. The minimum absolute atomic E-state index is 0.117. The van der Waals surface area contributed by atoms with Crippen LogP contribution in [0.4, 0.5) is 0 Å². The first kappa shape index (κ1) is 11.3. The third-order valence-electron chi connectivity index (χ3n) is 1.76. The predicted molar refractivity (Wildman–Crippen MR) is 55.6 cm³/mol. The molecule has 0 fully saturated rings. The third-order valence-corrected chi connectivity index (χ3v) is 2.53. The maximum Gasteiger partial charge on any atom is 0.141 e. The first-order valence-electron chi connectivity index (χ1n) is 4.00. The molecule has 0 amide bonds. The molecule has 0 radical (unpaired) electrons. The molecule has 0 unspecified atom stereocenters. The van der Waals surface area contributed by atoms with Gasteiger partial charge in [-0.3, -0.25) is 0 Å². The van der Waals surface area contributed by atoms with Gasteiger partial charge in [-0.25, -0.2) is 0 Å². The average Bonchev–Trinajstić information content (AvgIpc) is 2.11. The van der Waals surface area contributed by atoms with Crippen LogP contribution in [0.5, 0.6) is 11.5 Å². The molecule has 0 heterocycles. The fourth-order valence-electron chi connectivity index (χ4n) is 1.18. The number of rotatable bonds is 3. The molecule has 0 aliphatic carbocycles. The number of halogens is 1. The number of nitrogens with zero attached hydrogens (tertiary/aromatic N) is 1. The van der Waals surface area contributed by atoms with Gasteiger partial charge in [0.25, 0.3) is 0 Å². The van der Waals surface area contributed by atoms with E-state index in [9.17, 15) is 5.11 Å². The van der Waals surface area contributed by atoms with Crippen LogP contribution in [0.1, 0.15) is 5.56 Å². The number of hydrogen-bond acceptors (Lipinski definition) is 4. The number of hydroxylamine groups is 2. The molecule has 78 valence electrons. The summed E-state index contributed by atoms with van der Waals surface area (Å²) in [6.45, 7) is 0.335. The summed E-state index contributed by atoms with van der Waals surface area (Å²) in [5.74, 6) is 0.650. The zero-order valence-electron chi connectivity index (χ0n) is 7.99. The first-order chi connectivity index (χ1) is 6.56. The summed E-state index contributed by atoms with van der Waals surface area (Å²) in [7, 11) is 3.06. The Labute approximate surface area is 90.8 Å². The van der Waals surface area contributed by atoms with E-state index in [-0.39, 0.29) is 5.75 Å². The fraction of sp³-hybridized carbons (Fsp3) is 0.333. The van der Waals surface area contributed by atoms with Crippen molar-refractivity contribution in [2.45, 2.75) is 6.54 Å². The van der Waals surface area contributed by atoms with Crippen LogP contribution in [0.3, 0.4) is 0 Å². The number of phenolic OH excluding ortho intramolecular Hbond substituents is 1. The first-order valence-corrected chi connectivity index (χ1v) is 4.80. The summed E-state index contributed by atoms with van der Waals surface area (Å²) in [6, 6.07) is 3.25. The van der Waals surface area contributed by atoms with Gasteiger partial charge in [0, 0.05) is 12.6 Å². The Morgan fingerprint density at radius 2 is 2.14 bits per heavy atom. The number of benzene rings is 1. The molecule has 1 aromatic rings. The van der Waals surface area contributed by atoms with Crippen LogP contribution in [-0.2, 0) is 6.54 Å². The molecule has 4 nitrogen and oxygen atoms in total. The molecule has 0 bridgehead atoms. The number of methoxy groups -OCH3 is 1. The Kier molecular flexibility index (Phi) is 3.74. The lowest BCUT2D eigenvalue weighted by Crippen LogP contribution is -2.12. The van der Waals surface area contributed by atoms with Crippen LogP contribution in [0.2, 0.25) is 0 Å². The molecule has 0 spiro atoms. The van der Waals surface area contributed by atoms with Gasteiger partial charge < -0.3 is 15.1 Å². The van der Waals surface area contributed by atoms with Gasteiger partial charge in [-0.05, 0) is 22.0 Å². The van der Waals surface area contributed by atoms with E-state index in [4.69, 9.17) is 9.94 Å². The zero-order chi connectivity index (χ0) is 10.7. The van der Waals surface area contributed by atoms with Gasteiger partial charge in [-0.15, -0.1) is 0 Å². The lowest BCUT2D eigenvalue weighted by atomic mass is 10.2. The largest absolute Gasteiger partial charge is 0.507 e. The van der Waals surface area contributed by atoms with Crippen LogP contribution in [0, 0.1) is 0 Å². The summed E-state index contributed by atoms with van der Waals surface area (Å²) >= 11 is 3.21. The van der Waals surface area contributed by atoms with Crippen molar-refractivity contribution in [2.24, 2.45) is 0 Å². The number of hydrogen-bond donors (Lipinski definition) is 2. The van der Waals surface area contributed by atoms with E-state index in [1.807, 2.05) is 0 Å². The minimum Gasteiger partial charge on any atom is -0.507 e. The molecular formula is C9H12BrNO3.